The van der Waals surface area contributed by atoms with Crippen LogP contribution in [-0.2, 0) is 14.3 Å². The van der Waals surface area contributed by atoms with Crippen molar-refractivity contribution in [2.24, 2.45) is 45.8 Å². The average Bonchev–Trinajstić information content (AvgIpc) is 3.42. The number of rotatable bonds is 13. The Hall–Kier alpha value is -1.83. The summed E-state index contributed by atoms with van der Waals surface area (Å²) in [7, 11) is 0. The van der Waals surface area contributed by atoms with Gasteiger partial charge in [0.05, 0.1) is 18.1 Å². The quantitative estimate of drug-likeness (QED) is 0.164. The predicted molar refractivity (Wildman–Crippen MR) is 140 cm³/mol. The largest absolute Gasteiger partial charge is 0.481 e. The first kappa shape index (κ1) is 27.2. The van der Waals surface area contributed by atoms with Crippen LogP contribution in [0.2, 0.25) is 0 Å². The lowest BCUT2D eigenvalue weighted by molar-refractivity contribution is -0.183. The molecule has 4 aliphatic rings. The zero-order chi connectivity index (χ0) is 26.1. The molecule has 3 fully saturated rings. The van der Waals surface area contributed by atoms with Crippen molar-refractivity contribution in [2.45, 2.75) is 111 Å². The number of allylic oxidation sites excluding steroid dienone is 1. The Bertz CT molecular complexity index is 918. The van der Waals surface area contributed by atoms with Crippen molar-refractivity contribution < 1.29 is 19.4 Å². The summed E-state index contributed by atoms with van der Waals surface area (Å²) >= 11 is 0. The molecular weight excluding hydrogens is 450 g/mol. The fourth-order valence-corrected chi connectivity index (χ4v) is 9.22. The second-order valence-corrected chi connectivity index (χ2v) is 12.8. The molecule has 0 aliphatic heterocycles. The van der Waals surface area contributed by atoms with E-state index in [4.69, 9.17) is 4.74 Å². The third-order valence-corrected chi connectivity index (χ3v) is 10.8. The number of unbranched alkanes of at least 4 members (excludes halogenated alkanes) is 7. The van der Waals surface area contributed by atoms with Crippen LogP contribution in [0.25, 0.3) is 0 Å². The third-order valence-electron chi connectivity index (χ3n) is 10.8. The lowest BCUT2D eigenvalue weighted by Gasteiger charge is -2.57. The van der Waals surface area contributed by atoms with Crippen LogP contribution in [0.5, 0.6) is 0 Å². The topological polar surface area (TPSA) is 87.4 Å². The van der Waals surface area contributed by atoms with Crippen LogP contribution < -0.4 is 0 Å². The fourth-order valence-electron chi connectivity index (χ4n) is 9.22. The molecule has 0 aromatic heterocycles. The van der Waals surface area contributed by atoms with Gasteiger partial charge >= 0.3 is 11.9 Å². The van der Waals surface area contributed by atoms with Crippen molar-refractivity contribution in [2.75, 3.05) is 6.61 Å². The summed E-state index contributed by atoms with van der Waals surface area (Å²) in [6, 6.07) is 2.66. The molecule has 5 heteroatoms. The average molecular weight is 498 g/mol. The summed E-state index contributed by atoms with van der Waals surface area (Å²) in [5.74, 6) is -0.142. The van der Waals surface area contributed by atoms with Crippen molar-refractivity contribution in [3.8, 4) is 6.07 Å². The second-order valence-electron chi connectivity index (χ2n) is 12.8. The second kappa shape index (κ2) is 10.5. The first-order chi connectivity index (χ1) is 17.2. The minimum atomic E-state index is -1.25. The first-order valence-electron chi connectivity index (χ1n) is 14.7. The summed E-state index contributed by atoms with van der Waals surface area (Å²) < 4.78 is 5.97. The molecule has 0 radical (unpaired) electrons. The zero-order valence-corrected chi connectivity index (χ0v) is 23.0. The Morgan fingerprint density at radius 3 is 2.39 bits per heavy atom. The number of carbonyl (C=O) groups excluding carboxylic acids is 1. The molecule has 5 nitrogen and oxygen atoms in total. The summed E-state index contributed by atoms with van der Waals surface area (Å²) in [5, 5.41) is 21.7. The number of hydrogen-bond donors (Lipinski definition) is 1. The number of fused-ring (bicyclic) bond motifs is 2. The van der Waals surface area contributed by atoms with Crippen molar-refractivity contribution >= 4 is 11.9 Å². The van der Waals surface area contributed by atoms with E-state index in [1.165, 1.54) is 32.1 Å². The Labute approximate surface area is 218 Å². The smallest absolute Gasteiger partial charge is 0.316 e. The van der Waals surface area contributed by atoms with Crippen LogP contribution in [0.15, 0.2) is 11.6 Å². The monoisotopic (exact) mass is 497 g/mol. The SMILES string of the molecule is CCCCCCCCCCC(=O)OCC12CC3C(C)CCC3C3(C#N)CC1C=C(C(C)C)C32C(=O)O. The van der Waals surface area contributed by atoms with Gasteiger partial charge in [0.1, 0.15) is 5.41 Å². The molecule has 1 N–H and O–H groups in total. The fraction of sp³-hybridized carbons (Fsp3) is 0.839. The van der Waals surface area contributed by atoms with E-state index in [1.807, 2.05) is 0 Å². The molecule has 0 aromatic carbocycles. The molecule has 3 saturated carbocycles. The van der Waals surface area contributed by atoms with Crippen molar-refractivity contribution in [3.05, 3.63) is 11.6 Å². The van der Waals surface area contributed by atoms with Crippen molar-refractivity contribution in [1.82, 2.24) is 0 Å². The Balaban J connectivity index is 1.50. The van der Waals surface area contributed by atoms with Gasteiger partial charge in [-0.15, -0.1) is 0 Å². The van der Waals surface area contributed by atoms with Crippen LogP contribution >= 0.6 is 0 Å². The van der Waals surface area contributed by atoms with Gasteiger partial charge in [-0.3, -0.25) is 9.59 Å². The highest BCUT2D eigenvalue weighted by Gasteiger charge is 2.85. The molecule has 0 aromatic rings. The summed E-state index contributed by atoms with van der Waals surface area (Å²) in [6.07, 6.45) is 15.2. The minimum Gasteiger partial charge on any atom is -0.481 e. The number of esters is 1. The van der Waals surface area contributed by atoms with Gasteiger partial charge in [-0.25, -0.2) is 0 Å². The van der Waals surface area contributed by atoms with E-state index < -0.39 is 22.2 Å². The lowest BCUT2D eigenvalue weighted by Crippen LogP contribution is -2.62. The number of carboxylic acids is 1. The number of nitriles is 1. The number of nitrogens with zero attached hydrogens (tertiary/aromatic N) is 1. The van der Waals surface area contributed by atoms with Crippen LogP contribution in [0, 0.1) is 57.2 Å². The standard InChI is InChI=1S/C31H47NO4/c1-5-6-7-8-9-10-11-12-13-27(33)36-20-30-18-24-22(4)14-15-25(24)29(19-32)17-23(30)16-26(21(2)3)31(29,30)28(34)35/h16,21-25H,5-15,17-18,20H2,1-4H3,(H,34,35). The van der Waals surface area contributed by atoms with Crippen LogP contribution in [0.4, 0.5) is 0 Å². The first-order valence-corrected chi connectivity index (χ1v) is 14.7. The number of ether oxygens (including phenoxy) is 1. The number of hydrogen-bond acceptors (Lipinski definition) is 4. The Morgan fingerprint density at radius 2 is 1.78 bits per heavy atom. The van der Waals surface area contributed by atoms with E-state index in [-0.39, 0.29) is 30.3 Å². The number of carbonyl (C=O) groups is 2. The van der Waals surface area contributed by atoms with Gasteiger partial charge in [-0.2, -0.15) is 5.26 Å². The molecule has 4 aliphatic carbocycles. The predicted octanol–water partition coefficient (Wildman–Crippen LogP) is 7.31. The molecule has 7 atom stereocenters. The number of carboxylic acid groups (broad SMARTS) is 1. The van der Waals surface area contributed by atoms with Gasteiger partial charge in [0.2, 0.25) is 0 Å². The van der Waals surface area contributed by atoms with E-state index in [9.17, 15) is 20.0 Å². The van der Waals surface area contributed by atoms with E-state index in [1.54, 1.807) is 0 Å². The van der Waals surface area contributed by atoms with Gasteiger partial charge in [-0.05, 0) is 55.3 Å². The van der Waals surface area contributed by atoms with E-state index in [0.717, 1.165) is 44.1 Å². The summed E-state index contributed by atoms with van der Waals surface area (Å²) in [4.78, 5) is 26.2. The van der Waals surface area contributed by atoms with Crippen LogP contribution in [0.1, 0.15) is 111 Å². The van der Waals surface area contributed by atoms with Gasteiger partial charge in [-0.1, -0.05) is 90.7 Å². The molecule has 0 heterocycles. The molecule has 0 spiro atoms. The van der Waals surface area contributed by atoms with Crippen molar-refractivity contribution in [3.63, 3.8) is 0 Å². The Morgan fingerprint density at radius 1 is 1.11 bits per heavy atom. The molecule has 200 valence electrons. The highest BCUT2D eigenvalue weighted by Crippen LogP contribution is 2.83. The highest BCUT2D eigenvalue weighted by molar-refractivity contribution is 5.85. The van der Waals surface area contributed by atoms with Gasteiger partial charge < -0.3 is 9.84 Å². The van der Waals surface area contributed by atoms with Crippen LogP contribution in [-0.4, -0.2) is 23.7 Å². The third kappa shape index (κ3) is 3.84. The Kier molecular flexibility index (Phi) is 7.94. The van der Waals surface area contributed by atoms with Crippen LogP contribution in [0.3, 0.4) is 0 Å². The van der Waals surface area contributed by atoms with Gasteiger partial charge in [0.15, 0.2) is 0 Å². The maximum Gasteiger partial charge on any atom is 0.316 e. The lowest BCUT2D eigenvalue weighted by atomic mass is 9.43. The molecule has 36 heavy (non-hydrogen) atoms. The minimum absolute atomic E-state index is 0.0145. The van der Waals surface area contributed by atoms with E-state index in [2.05, 4.69) is 39.8 Å². The summed E-state index contributed by atoms with van der Waals surface area (Å²) in [5.41, 5.74) is -1.96. The molecule has 4 rings (SSSR count). The summed E-state index contributed by atoms with van der Waals surface area (Å²) in [6.45, 7) is 8.71. The molecule has 7 unspecified atom stereocenters. The highest BCUT2D eigenvalue weighted by atomic mass is 16.5. The molecule has 0 saturated heterocycles. The maximum absolute atomic E-state index is 13.4. The normalized spacial score (nSPS) is 38.1. The molecule has 4 bridgehead atoms. The maximum atomic E-state index is 13.4. The van der Waals surface area contributed by atoms with E-state index >= 15 is 0 Å². The zero-order valence-electron chi connectivity index (χ0n) is 23.0. The van der Waals surface area contributed by atoms with Gasteiger partial charge in [0, 0.05) is 11.8 Å². The van der Waals surface area contributed by atoms with Crippen molar-refractivity contribution in [1.29, 1.82) is 5.26 Å². The molecular formula is C31H47NO4. The van der Waals surface area contributed by atoms with Gasteiger partial charge in [0.25, 0.3) is 0 Å². The molecule has 0 amide bonds. The number of aliphatic carboxylic acids is 1. The van der Waals surface area contributed by atoms with E-state index in [0.29, 0.717) is 24.7 Å².